The summed E-state index contributed by atoms with van der Waals surface area (Å²) in [5.41, 5.74) is -0.926. The van der Waals surface area contributed by atoms with Crippen LogP contribution in [0.1, 0.15) is 34.7 Å². The highest BCUT2D eigenvalue weighted by Gasteiger charge is 2.72. The fraction of sp³-hybridized carbons (Fsp3) is 0.222. The average molecular weight is 496 g/mol. The lowest BCUT2D eigenvalue weighted by Crippen LogP contribution is -2.61. The van der Waals surface area contributed by atoms with E-state index in [-0.39, 0.29) is 5.69 Å². The van der Waals surface area contributed by atoms with Gasteiger partial charge in [-0.05, 0) is 40.5 Å². The predicted molar refractivity (Wildman–Crippen MR) is 122 cm³/mol. The number of aldehydes is 1. The summed E-state index contributed by atoms with van der Waals surface area (Å²) in [7, 11) is 0. The first-order chi connectivity index (χ1) is 16.6. The Hall–Kier alpha value is -3.45. The van der Waals surface area contributed by atoms with Gasteiger partial charge in [0.15, 0.2) is 0 Å². The summed E-state index contributed by atoms with van der Waals surface area (Å²) in [6.45, 7) is 1.87. The van der Waals surface area contributed by atoms with Crippen molar-refractivity contribution in [3.63, 3.8) is 0 Å². The van der Waals surface area contributed by atoms with E-state index in [4.69, 9.17) is 11.6 Å². The number of benzene rings is 3. The van der Waals surface area contributed by atoms with Gasteiger partial charge in [-0.25, -0.2) is 4.90 Å². The summed E-state index contributed by atoms with van der Waals surface area (Å²) >= 11 is 5.77. The van der Waals surface area contributed by atoms with Crippen molar-refractivity contribution in [2.45, 2.75) is 23.9 Å². The van der Waals surface area contributed by atoms with E-state index in [1.807, 2.05) is 31.2 Å². The van der Waals surface area contributed by atoms with Gasteiger partial charge < -0.3 is 4.79 Å². The molecule has 176 valence electrons. The number of imide groups is 1. The predicted octanol–water partition coefficient (Wildman–Crippen LogP) is 5.28. The zero-order chi connectivity index (χ0) is 24.9. The standard InChI is InChI=1S/C27H17ClF3NO3/c1-25-15-6-2-4-8-17(15)26(13-33,18-9-5-3-7-16(18)25)22-21(25)23(34)32(24(22)35)14-10-11-20(28)19(12-14)27(29,30)31/h2-13,21-22H,1H3/t21-,22+,25?,26?/m0/s1. The average Bonchev–Trinajstić information content (AvgIpc) is 3.11. The molecule has 2 atom stereocenters. The van der Waals surface area contributed by atoms with Crippen molar-refractivity contribution < 1.29 is 27.6 Å². The molecule has 1 fully saturated rings. The Balaban J connectivity index is 1.63. The normalized spacial score (nSPS) is 28.5. The first-order valence-electron chi connectivity index (χ1n) is 11.0. The SMILES string of the molecule is CC12c3ccccc3C(C=O)(c3ccccc31)[C@H]1C(=O)N(c3ccc(Cl)c(C(F)(F)F)c3)C(=O)[C@H]12. The number of rotatable bonds is 2. The lowest BCUT2D eigenvalue weighted by atomic mass is 9.42. The largest absolute Gasteiger partial charge is 0.417 e. The van der Waals surface area contributed by atoms with E-state index in [0.29, 0.717) is 17.2 Å². The van der Waals surface area contributed by atoms with Crippen LogP contribution in [0.15, 0.2) is 66.7 Å². The summed E-state index contributed by atoms with van der Waals surface area (Å²) in [5.74, 6) is -3.38. The molecule has 0 N–H and O–H groups in total. The second-order valence-electron chi connectivity index (χ2n) is 9.41. The minimum atomic E-state index is -4.77. The molecule has 4 nitrogen and oxygen atoms in total. The van der Waals surface area contributed by atoms with Crippen LogP contribution in [0.25, 0.3) is 0 Å². The van der Waals surface area contributed by atoms with Gasteiger partial charge in [-0.2, -0.15) is 13.2 Å². The summed E-state index contributed by atoms with van der Waals surface area (Å²) < 4.78 is 40.7. The topological polar surface area (TPSA) is 54.5 Å². The van der Waals surface area contributed by atoms with Crippen molar-refractivity contribution in [1.29, 1.82) is 0 Å². The first-order valence-corrected chi connectivity index (χ1v) is 11.4. The van der Waals surface area contributed by atoms with Crippen LogP contribution in [0.5, 0.6) is 0 Å². The lowest BCUT2D eigenvalue weighted by Gasteiger charge is -2.56. The third-order valence-electron chi connectivity index (χ3n) is 7.98. The van der Waals surface area contributed by atoms with E-state index < -0.39 is 51.2 Å². The van der Waals surface area contributed by atoms with Gasteiger partial charge in [0.25, 0.3) is 0 Å². The zero-order valence-corrected chi connectivity index (χ0v) is 19.0. The number of hydrogen-bond acceptors (Lipinski definition) is 3. The molecular weight excluding hydrogens is 479 g/mol. The van der Waals surface area contributed by atoms with Crippen molar-refractivity contribution >= 4 is 35.4 Å². The molecule has 4 aliphatic rings. The van der Waals surface area contributed by atoms with E-state index in [9.17, 15) is 27.6 Å². The highest BCUT2D eigenvalue weighted by Crippen LogP contribution is 2.66. The molecule has 1 heterocycles. The maximum atomic E-state index is 13.9. The number of amides is 2. The molecule has 0 saturated carbocycles. The molecule has 0 unspecified atom stereocenters. The number of anilines is 1. The molecule has 3 aromatic carbocycles. The Kier molecular flexibility index (Phi) is 4.29. The van der Waals surface area contributed by atoms with E-state index in [2.05, 4.69) is 0 Å². The molecule has 1 aliphatic heterocycles. The van der Waals surface area contributed by atoms with E-state index in [1.165, 1.54) is 6.07 Å². The van der Waals surface area contributed by atoms with Crippen molar-refractivity contribution in [1.82, 2.24) is 0 Å². The van der Waals surface area contributed by atoms with Crippen LogP contribution in [0.4, 0.5) is 18.9 Å². The summed E-state index contributed by atoms with van der Waals surface area (Å²) in [6.07, 6.45) is -4.05. The Morgan fingerprint density at radius 1 is 0.857 bits per heavy atom. The second-order valence-corrected chi connectivity index (χ2v) is 9.82. The van der Waals surface area contributed by atoms with E-state index >= 15 is 0 Å². The minimum absolute atomic E-state index is 0.219. The van der Waals surface area contributed by atoms with Gasteiger partial charge in [0.2, 0.25) is 11.8 Å². The third-order valence-corrected chi connectivity index (χ3v) is 8.31. The number of nitrogens with zero attached hydrogens (tertiary/aromatic N) is 1. The molecule has 1 saturated heterocycles. The van der Waals surface area contributed by atoms with Crippen molar-refractivity contribution in [2.24, 2.45) is 11.8 Å². The smallest absolute Gasteiger partial charge is 0.302 e. The van der Waals surface area contributed by atoms with E-state index in [0.717, 1.165) is 28.4 Å². The maximum Gasteiger partial charge on any atom is 0.417 e. The van der Waals surface area contributed by atoms with Crippen LogP contribution in [-0.4, -0.2) is 18.1 Å². The molecule has 0 radical (unpaired) electrons. The molecule has 2 amide bonds. The fourth-order valence-electron chi connectivity index (χ4n) is 6.59. The Morgan fingerprint density at radius 3 is 1.89 bits per heavy atom. The highest BCUT2D eigenvalue weighted by atomic mass is 35.5. The van der Waals surface area contributed by atoms with Gasteiger partial charge in [-0.15, -0.1) is 0 Å². The molecule has 0 aromatic heterocycles. The first kappa shape index (κ1) is 22.0. The Bertz CT molecular complexity index is 1420. The van der Waals surface area contributed by atoms with Gasteiger partial charge >= 0.3 is 6.18 Å². The summed E-state index contributed by atoms with van der Waals surface area (Å²) in [4.78, 5) is 41.7. The van der Waals surface area contributed by atoms with Crippen LogP contribution in [0, 0.1) is 11.8 Å². The third kappa shape index (κ3) is 2.46. The van der Waals surface area contributed by atoms with Gasteiger partial charge in [0.1, 0.15) is 6.29 Å². The Labute approximate surface area is 203 Å². The quantitative estimate of drug-likeness (QED) is 0.359. The molecule has 7 rings (SSSR count). The van der Waals surface area contributed by atoms with E-state index in [1.54, 1.807) is 24.3 Å². The van der Waals surface area contributed by atoms with Crippen molar-refractivity contribution in [3.8, 4) is 0 Å². The van der Waals surface area contributed by atoms with Crippen LogP contribution in [-0.2, 0) is 31.4 Å². The number of carbonyl (C=O) groups excluding carboxylic acids is 3. The zero-order valence-electron chi connectivity index (χ0n) is 18.3. The van der Waals surface area contributed by atoms with Crippen molar-refractivity contribution in [2.75, 3.05) is 4.90 Å². The van der Waals surface area contributed by atoms with Crippen molar-refractivity contribution in [3.05, 3.63) is 99.6 Å². The van der Waals surface area contributed by atoms with Crippen LogP contribution < -0.4 is 4.90 Å². The Morgan fingerprint density at radius 2 is 1.37 bits per heavy atom. The molecule has 0 spiro atoms. The van der Waals surface area contributed by atoms with Crippen LogP contribution >= 0.6 is 11.6 Å². The van der Waals surface area contributed by atoms with Gasteiger partial charge in [0.05, 0.1) is 33.5 Å². The number of carbonyl (C=O) groups is 3. The molecule has 35 heavy (non-hydrogen) atoms. The fourth-order valence-corrected chi connectivity index (χ4v) is 6.81. The second kappa shape index (κ2) is 6.82. The van der Waals surface area contributed by atoms with Crippen LogP contribution in [0.2, 0.25) is 5.02 Å². The molecule has 8 heteroatoms. The minimum Gasteiger partial charge on any atom is -0.302 e. The molecule has 2 bridgehead atoms. The maximum absolute atomic E-state index is 13.9. The summed E-state index contributed by atoms with van der Waals surface area (Å²) in [5, 5.41) is -0.533. The van der Waals surface area contributed by atoms with Gasteiger partial charge in [-0.1, -0.05) is 67.1 Å². The van der Waals surface area contributed by atoms with Gasteiger partial charge in [-0.3, -0.25) is 9.59 Å². The highest BCUT2D eigenvalue weighted by molar-refractivity contribution is 6.32. The van der Waals surface area contributed by atoms with Gasteiger partial charge in [0, 0.05) is 5.41 Å². The van der Waals surface area contributed by atoms with Crippen LogP contribution in [0.3, 0.4) is 0 Å². The number of halogens is 4. The number of hydrogen-bond donors (Lipinski definition) is 0. The lowest BCUT2D eigenvalue weighted by molar-refractivity contribution is -0.137. The molecule has 3 aromatic rings. The molecular formula is C27H17ClF3NO3. The monoisotopic (exact) mass is 495 g/mol. The summed E-state index contributed by atoms with van der Waals surface area (Å²) in [6, 6.07) is 17.4. The molecule has 3 aliphatic carbocycles. The number of alkyl halides is 3.